The Morgan fingerprint density at radius 2 is 1.92 bits per heavy atom. The van der Waals surface area contributed by atoms with Gasteiger partial charge >= 0.3 is 0 Å². The van der Waals surface area contributed by atoms with Crippen molar-refractivity contribution in [2.24, 2.45) is 4.99 Å². The minimum Gasteiger partial charge on any atom is -0.367 e. The molecular formula is C19H33FIN5. The molecule has 1 heterocycles. The van der Waals surface area contributed by atoms with Crippen molar-refractivity contribution < 1.29 is 4.39 Å². The Bertz CT molecular complexity index is 573. The van der Waals surface area contributed by atoms with E-state index in [1.54, 1.807) is 13.1 Å². The number of hydrogen-bond acceptors (Lipinski definition) is 3. The minimum atomic E-state index is -0.144. The molecule has 1 unspecified atom stereocenters. The van der Waals surface area contributed by atoms with Crippen LogP contribution in [0.2, 0.25) is 0 Å². The van der Waals surface area contributed by atoms with Gasteiger partial charge in [-0.05, 0) is 37.6 Å². The number of guanidine groups is 1. The van der Waals surface area contributed by atoms with Gasteiger partial charge in [0.15, 0.2) is 5.96 Å². The highest BCUT2D eigenvalue weighted by molar-refractivity contribution is 14.0. The molecule has 148 valence electrons. The van der Waals surface area contributed by atoms with Gasteiger partial charge in [0.25, 0.3) is 0 Å². The van der Waals surface area contributed by atoms with E-state index in [1.807, 2.05) is 12.1 Å². The standard InChI is InChI=1S/C19H32FN5.HI/c1-5-15(3)23-19(21-4)22-14-16-7-8-18(17(20)13-16)25-11-9-24(6-2)10-12-25;/h7-8,13,15H,5-6,9-12,14H2,1-4H3,(H2,21,22,23);1H. The summed E-state index contributed by atoms with van der Waals surface area (Å²) >= 11 is 0. The molecule has 0 saturated carbocycles. The smallest absolute Gasteiger partial charge is 0.191 e. The summed E-state index contributed by atoms with van der Waals surface area (Å²) in [6.45, 7) is 11.8. The van der Waals surface area contributed by atoms with E-state index in [2.05, 4.69) is 46.2 Å². The Hall–Kier alpha value is -1.09. The molecule has 0 aliphatic carbocycles. The van der Waals surface area contributed by atoms with Crippen molar-refractivity contribution in [2.75, 3.05) is 44.7 Å². The number of nitrogens with zero attached hydrogens (tertiary/aromatic N) is 3. The molecule has 0 aromatic heterocycles. The van der Waals surface area contributed by atoms with E-state index in [0.29, 0.717) is 18.3 Å². The quantitative estimate of drug-likeness (QED) is 0.376. The molecule has 2 rings (SSSR count). The number of aliphatic imine (C=N–C) groups is 1. The van der Waals surface area contributed by atoms with Crippen molar-refractivity contribution in [3.05, 3.63) is 29.6 Å². The lowest BCUT2D eigenvalue weighted by Gasteiger charge is -2.35. The van der Waals surface area contributed by atoms with Crippen molar-refractivity contribution in [2.45, 2.75) is 39.8 Å². The highest BCUT2D eigenvalue weighted by atomic mass is 127. The summed E-state index contributed by atoms with van der Waals surface area (Å²) in [6.07, 6.45) is 1.02. The molecule has 1 aliphatic heterocycles. The van der Waals surface area contributed by atoms with E-state index in [4.69, 9.17) is 0 Å². The molecule has 1 fully saturated rings. The second-order valence-corrected chi connectivity index (χ2v) is 6.59. The van der Waals surface area contributed by atoms with Crippen LogP contribution < -0.4 is 15.5 Å². The maximum absolute atomic E-state index is 14.6. The molecular weight excluding hydrogens is 444 g/mol. The minimum absolute atomic E-state index is 0. The number of rotatable bonds is 6. The van der Waals surface area contributed by atoms with E-state index >= 15 is 0 Å². The molecule has 1 saturated heterocycles. The summed E-state index contributed by atoms with van der Waals surface area (Å²) in [6, 6.07) is 5.88. The fourth-order valence-corrected chi connectivity index (χ4v) is 2.94. The summed E-state index contributed by atoms with van der Waals surface area (Å²) < 4.78 is 14.6. The molecule has 1 aromatic rings. The molecule has 26 heavy (non-hydrogen) atoms. The third kappa shape index (κ3) is 6.57. The maximum Gasteiger partial charge on any atom is 0.191 e. The number of nitrogens with one attached hydrogen (secondary N) is 2. The second kappa shape index (κ2) is 11.6. The maximum atomic E-state index is 14.6. The Kier molecular flexibility index (Phi) is 10.2. The third-order valence-corrected chi connectivity index (χ3v) is 4.85. The van der Waals surface area contributed by atoms with E-state index in [0.717, 1.165) is 50.7 Å². The van der Waals surface area contributed by atoms with E-state index in [1.165, 1.54) is 0 Å². The highest BCUT2D eigenvalue weighted by Gasteiger charge is 2.18. The zero-order chi connectivity index (χ0) is 18.2. The van der Waals surface area contributed by atoms with Crippen LogP contribution in [0, 0.1) is 5.82 Å². The van der Waals surface area contributed by atoms with Gasteiger partial charge in [-0.3, -0.25) is 4.99 Å². The average Bonchev–Trinajstić information content (AvgIpc) is 2.65. The van der Waals surface area contributed by atoms with Crippen LogP contribution in [0.15, 0.2) is 23.2 Å². The summed E-state index contributed by atoms with van der Waals surface area (Å²) in [5.41, 5.74) is 1.63. The van der Waals surface area contributed by atoms with Crippen molar-refractivity contribution in [1.82, 2.24) is 15.5 Å². The van der Waals surface area contributed by atoms with E-state index in [-0.39, 0.29) is 29.8 Å². The van der Waals surface area contributed by atoms with Gasteiger partial charge in [-0.1, -0.05) is 19.9 Å². The van der Waals surface area contributed by atoms with Crippen molar-refractivity contribution >= 4 is 35.6 Å². The predicted octanol–water partition coefficient (Wildman–Crippen LogP) is 3.05. The second-order valence-electron chi connectivity index (χ2n) is 6.59. The molecule has 1 atom stereocenters. The molecule has 1 aromatic carbocycles. The normalized spacial score (nSPS) is 16.8. The third-order valence-electron chi connectivity index (χ3n) is 4.85. The molecule has 7 heteroatoms. The van der Waals surface area contributed by atoms with E-state index in [9.17, 15) is 4.39 Å². The van der Waals surface area contributed by atoms with E-state index < -0.39 is 0 Å². The van der Waals surface area contributed by atoms with Crippen LogP contribution in [0.5, 0.6) is 0 Å². The topological polar surface area (TPSA) is 42.9 Å². The van der Waals surface area contributed by atoms with Gasteiger partial charge in [0.2, 0.25) is 0 Å². The fraction of sp³-hybridized carbons (Fsp3) is 0.632. The molecule has 2 N–H and O–H groups in total. The zero-order valence-electron chi connectivity index (χ0n) is 16.4. The fourth-order valence-electron chi connectivity index (χ4n) is 2.94. The summed E-state index contributed by atoms with van der Waals surface area (Å²) in [5.74, 6) is 0.601. The summed E-state index contributed by atoms with van der Waals surface area (Å²) in [7, 11) is 1.75. The van der Waals surface area contributed by atoms with Crippen LogP contribution in [0.4, 0.5) is 10.1 Å². The van der Waals surface area contributed by atoms with Crippen LogP contribution in [0.1, 0.15) is 32.8 Å². The number of piperazine rings is 1. The lowest BCUT2D eigenvalue weighted by Crippen LogP contribution is -2.46. The van der Waals surface area contributed by atoms with Crippen LogP contribution in [-0.2, 0) is 6.54 Å². The van der Waals surface area contributed by atoms with Gasteiger partial charge in [0.05, 0.1) is 5.69 Å². The van der Waals surface area contributed by atoms with Crippen molar-refractivity contribution in [3.63, 3.8) is 0 Å². The summed E-state index contributed by atoms with van der Waals surface area (Å²) in [4.78, 5) is 8.74. The molecule has 0 spiro atoms. The van der Waals surface area contributed by atoms with Gasteiger partial charge < -0.3 is 20.4 Å². The molecule has 0 amide bonds. The molecule has 1 aliphatic rings. The van der Waals surface area contributed by atoms with Crippen molar-refractivity contribution in [3.8, 4) is 0 Å². The predicted molar refractivity (Wildman–Crippen MR) is 119 cm³/mol. The Morgan fingerprint density at radius 1 is 1.23 bits per heavy atom. The van der Waals surface area contributed by atoms with Gasteiger partial charge in [-0.15, -0.1) is 24.0 Å². The molecule has 5 nitrogen and oxygen atoms in total. The first-order valence-corrected chi connectivity index (χ1v) is 9.30. The number of halogens is 2. The average molecular weight is 477 g/mol. The van der Waals surface area contributed by atoms with Gasteiger partial charge in [0.1, 0.15) is 5.82 Å². The van der Waals surface area contributed by atoms with Crippen molar-refractivity contribution in [1.29, 1.82) is 0 Å². The Morgan fingerprint density at radius 3 is 2.46 bits per heavy atom. The van der Waals surface area contributed by atoms with Gasteiger partial charge in [-0.2, -0.15) is 0 Å². The van der Waals surface area contributed by atoms with Gasteiger partial charge in [0, 0.05) is 45.8 Å². The van der Waals surface area contributed by atoms with Crippen LogP contribution >= 0.6 is 24.0 Å². The number of likely N-dealkylation sites (N-methyl/N-ethyl adjacent to an activating group) is 1. The highest BCUT2D eigenvalue weighted by Crippen LogP contribution is 2.22. The first kappa shape index (κ1) is 23.0. The van der Waals surface area contributed by atoms with Gasteiger partial charge in [-0.25, -0.2) is 4.39 Å². The zero-order valence-corrected chi connectivity index (χ0v) is 18.7. The molecule has 0 radical (unpaired) electrons. The lowest BCUT2D eigenvalue weighted by molar-refractivity contribution is 0.270. The number of anilines is 1. The monoisotopic (exact) mass is 477 g/mol. The Balaban J connectivity index is 0.00000338. The lowest BCUT2D eigenvalue weighted by atomic mass is 10.1. The van der Waals surface area contributed by atoms with Crippen LogP contribution in [0.25, 0.3) is 0 Å². The molecule has 0 bridgehead atoms. The number of benzene rings is 1. The first-order chi connectivity index (χ1) is 12.1. The largest absolute Gasteiger partial charge is 0.367 e. The first-order valence-electron chi connectivity index (χ1n) is 9.30. The Labute approximate surface area is 174 Å². The van der Waals surface area contributed by atoms with Crippen LogP contribution in [-0.4, -0.2) is 56.7 Å². The summed E-state index contributed by atoms with van der Waals surface area (Å²) in [5, 5.41) is 6.55. The number of hydrogen-bond donors (Lipinski definition) is 2. The van der Waals surface area contributed by atoms with Crippen LogP contribution in [0.3, 0.4) is 0 Å². The SMILES string of the molecule is CCC(C)NC(=NC)NCc1ccc(N2CCN(CC)CC2)c(F)c1.I.